The summed E-state index contributed by atoms with van der Waals surface area (Å²) in [5, 5.41) is 14.6. The van der Waals surface area contributed by atoms with E-state index >= 15 is 0 Å². The largest absolute Gasteiger partial charge is 0.353 e. The van der Waals surface area contributed by atoms with Crippen molar-refractivity contribution in [3.63, 3.8) is 0 Å². The molecule has 0 bridgehead atoms. The molecule has 3 aromatic rings. The quantitative estimate of drug-likeness (QED) is 0.296. The standard InChI is InChI=1S/C25H28N4O5/c30-23(26-19-9-1-2-10-19)14-5-6-15-27-24(31)21-12-3-4-13-22(21)28(25(27)32)17-18-8-7-11-20(16-18)29(33)34/h3-4,7-8,11-13,16,19H,1-2,5-6,9-10,14-15,17H2,(H,26,30). The molecule has 9 heteroatoms. The Morgan fingerprint density at radius 2 is 1.79 bits per heavy atom. The maximum atomic E-state index is 13.3. The second-order valence-electron chi connectivity index (χ2n) is 8.78. The van der Waals surface area contributed by atoms with Crippen LogP contribution in [0.15, 0.2) is 58.1 Å². The van der Waals surface area contributed by atoms with E-state index in [-0.39, 0.29) is 36.3 Å². The Bertz CT molecular complexity index is 1320. The van der Waals surface area contributed by atoms with Gasteiger partial charge in [0.15, 0.2) is 0 Å². The number of hydrogen-bond donors (Lipinski definition) is 1. The van der Waals surface area contributed by atoms with E-state index in [9.17, 15) is 24.5 Å². The monoisotopic (exact) mass is 464 g/mol. The highest BCUT2D eigenvalue weighted by atomic mass is 16.6. The molecule has 0 saturated heterocycles. The van der Waals surface area contributed by atoms with Crippen LogP contribution in [0, 0.1) is 10.1 Å². The summed E-state index contributed by atoms with van der Waals surface area (Å²) >= 11 is 0. The maximum absolute atomic E-state index is 13.3. The van der Waals surface area contributed by atoms with E-state index in [0.717, 1.165) is 25.7 Å². The van der Waals surface area contributed by atoms with Crippen LogP contribution in [0.5, 0.6) is 0 Å². The first-order chi connectivity index (χ1) is 16.4. The number of non-ortho nitro benzene ring substituents is 1. The summed E-state index contributed by atoms with van der Waals surface area (Å²) < 4.78 is 2.68. The first kappa shape index (κ1) is 23.4. The van der Waals surface area contributed by atoms with Crippen molar-refractivity contribution in [2.24, 2.45) is 0 Å². The van der Waals surface area contributed by atoms with E-state index in [0.29, 0.717) is 35.7 Å². The number of nitro benzene ring substituents is 1. The molecular weight excluding hydrogens is 436 g/mol. The van der Waals surface area contributed by atoms with Gasteiger partial charge in [0, 0.05) is 31.1 Å². The third kappa shape index (κ3) is 5.24. The molecule has 4 rings (SSSR count). The average molecular weight is 465 g/mol. The fourth-order valence-electron chi connectivity index (χ4n) is 4.60. The first-order valence-electron chi connectivity index (χ1n) is 11.7. The summed E-state index contributed by atoms with van der Waals surface area (Å²) in [6, 6.07) is 13.3. The molecule has 1 aliphatic rings. The minimum atomic E-state index is -0.478. The Morgan fingerprint density at radius 3 is 2.56 bits per heavy atom. The van der Waals surface area contributed by atoms with Crippen molar-refractivity contribution in [2.45, 2.75) is 64.1 Å². The number of hydrogen-bond acceptors (Lipinski definition) is 5. The third-order valence-corrected chi connectivity index (χ3v) is 6.35. The molecule has 0 radical (unpaired) electrons. The van der Waals surface area contributed by atoms with Crippen molar-refractivity contribution in [1.82, 2.24) is 14.5 Å². The van der Waals surface area contributed by atoms with E-state index in [1.807, 2.05) is 0 Å². The average Bonchev–Trinajstić information content (AvgIpc) is 3.34. The van der Waals surface area contributed by atoms with Crippen LogP contribution >= 0.6 is 0 Å². The van der Waals surface area contributed by atoms with Crippen LogP contribution < -0.4 is 16.6 Å². The molecule has 34 heavy (non-hydrogen) atoms. The number of amides is 1. The predicted molar refractivity (Wildman–Crippen MR) is 129 cm³/mol. The SMILES string of the molecule is O=C(CCCCn1c(=O)c2ccccc2n(Cc2cccc([N+](=O)[O-])c2)c1=O)NC1CCCC1. The fourth-order valence-corrected chi connectivity index (χ4v) is 4.60. The fraction of sp³-hybridized carbons (Fsp3) is 0.400. The second-order valence-corrected chi connectivity index (χ2v) is 8.78. The Hall–Kier alpha value is -3.75. The van der Waals surface area contributed by atoms with E-state index in [4.69, 9.17) is 0 Å². The number of benzene rings is 2. The molecule has 178 valence electrons. The van der Waals surface area contributed by atoms with Crippen LogP contribution in [0.1, 0.15) is 50.5 Å². The van der Waals surface area contributed by atoms with Crippen LogP contribution in [0.25, 0.3) is 10.9 Å². The number of rotatable bonds is 9. The molecule has 1 N–H and O–H groups in total. The third-order valence-electron chi connectivity index (χ3n) is 6.35. The molecule has 0 atom stereocenters. The van der Waals surface area contributed by atoms with E-state index in [2.05, 4.69) is 5.32 Å². The van der Waals surface area contributed by atoms with Crippen LogP contribution in [0.3, 0.4) is 0 Å². The van der Waals surface area contributed by atoms with Gasteiger partial charge in [0.1, 0.15) is 0 Å². The molecule has 9 nitrogen and oxygen atoms in total. The van der Waals surface area contributed by atoms with Crippen molar-refractivity contribution < 1.29 is 9.72 Å². The van der Waals surface area contributed by atoms with Gasteiger partial charge in [-0.05, 0) is 43.4 Å². The van der Waals surface area contributed by atoms with Gasteiger partial charge in [-0.1, -0.05) is 37.1 Å². The van der Waals surface area contributed by atoms with Crippen LogP contribution in [0.2, 0.25) is 0 Å². The van der Waals surface area contributed by atoms with Crippen molar-refractivity contribution in [3.05, 3.63) is 85.0 Å². The molecule has 1 aliphatic carbocycles. The topological polar surface area (TPSA) is 116 Å². The minimum Gasteiger partial charge on any atom is -0.353 e. The highest BCUT2D eigenvalue weighted by molar-refractivity contribution is 5.78. The molecule has 2 aromatic carbocycles. The molecule has 0 unspecified atom stereocenters. The van der Waals surface area contributed by atoms with Gasteiger partial charge in [-0.25, -0.2) is 4.79 Å². The number of carbonyl (C=O) groups is 1. The molecule has 1 heterocycles. The maximum Gasteiger partial charge on any atom is 0.331 e. The summed E-state index contributed by atoms with van der Waals surface area (Å²) in [7, 11) is 0. The Balaban J connectivity index is 1.53. The van der Waals surface area contributed by atoms with Crippen LogP contribution in [-0.2, 0) is 17.9 Å². The van der Waals surface area contributed by atoms with E-state index < -0.39 is 10.6 Å². The van der Waals surface area contributed by atoms with Gasteiger partial charge in [0.05, 0.1) is 22.4 Å². The van der Waals surface area contributed by atoms with Gasteiger partial charge in [-0.2, -0.15) is 0 Å². The Labute approximate surface area is 196 Å². The molecular formula is C25H28N4O5. The zero-order valence-electron chi connectivity index (χ0n) is 18.9. The molecule has 1 fully saturated rings. The summed E-state index contributed by atoms with van der Waals surface area (Å²) in [5.41, 5.74) is 0.183. The van der Waals surface area contributed by atoms with Gasteiger partial charge < -0.3 is 5.32 Å². The lowest BCUT2D eigenvalue weighted by Gasteiger charge is -2.14. The van der Waals surface area contributed by atoms with E-state index in [1.165, 1.54) is 21.3 Å². The second kappa shape index (κ2) is 10.5. The van der Waals surface area contributed by atoms with E-state index in [1.54, 1.807) is 36.4 Å². The molecule has 1 saturated carbocycles. The number of nitrogens with one attached hydrogen (secondary N) is 1. The van der Waals surface area contributed by atoms with Gasteiger partial charge in [0.25, 0.3) is 11.2 Å². The lowest BCUT2D eigenvalue weighted by atomic mass is 10.1. The summed E-state index contributed by atoms with van der Waals surface area (Å²) in [4.78, 5) is 49.2. The highest BCUT2D eigenvalue weighted by Gasteiger charge is 2.17. The van der Waals surface area contributed by atoms with Crippen molar-refractivity contribution in [3.8, 4) is 0 Å². The van der Waals surface area contributed by atoms with Crippen LogP contribution in [0.4, 0.5) is 5.69 Å². The summed E-state index contributed by atoms with van der Waals surface area (Å²) in [6.45, 7) is 0.305. The van der Waals surface area contributed by atoms with Gasteiger partial charge in [-0.15, -0.1) is 0 Å². The number of nitro groups is 1. The smallest absolute Gasteiger partial charge is 0.331 e. The zero-order valence-corrected chi connectivity index (χ0v) is 18.9. The van der Waals surface area contributed by atoms with Gasteiger partial charge in [-0.3, -0.25) is 28.8 Å². The minimum absolute atomic E-state index is 0.0147. The highest BCUT2D eigenvalue weighted by Crippen LogP contribution is 2.18. The number of aromatic nitrogens is 2. The molecule has 0 spiro atoms. The first-order valence-corrected chi connectivity index (χ1v) is 11.7. The number of carbonyl (C=O) groups excluding carboxylic acids is 1. The van der Waals surface area contributed by atoms with Crippen molar-refractivity contribution in [1.29, 1.82) is 0 Å². The van der Waals surface area contributed by atoms with Crippen molar-refractivity contribution in [2.75, 3.05) is 0 Å². The van der Waals surface area contributed by atoms with Gasteiger partial charge in [0.2, 0.25) is 5.91 Å². The lowest BCUT2D eigenvalue weighted by Crippen LogP contribution is -2.40. The molecule has 1 aromatic heterocycles. The molecule has 0 aliphatic heterocycles. The lowest BCUT2D eigenvalue weighted by molar-refractivity contribution is -0.384. The van der Waals surface area contributed by atoms with Gasteiger partial charge >= 0.3 is 5.69 Å². The Morgan fingerprint density at radius 1 is 1.03 bits per heavy atom. The molecule has 1 amide bonds. The number of para-hydroxylation sites is 1. The normalized spacial score (nSPS) is 13.9. The number of fused-ring (bicyclic) bond motifs is 1. The zero-order chi connectivity index (χ0) is 24.1. The Kier molecular flexibility index (Phi) is 7.20. The predicted octanol–water partition coefficient (Wildman–Crippen LogP) is 3.35. The summed E-state index contributed by atoms with van der Waals surface area (Å²) in [5.74, 6) is 0.0147. The van der Waals surface area contributed by atoms with Crippen LogP contribution in [-0.4, -0.2) is 26.0 Å². The number of nitrogens with zero attached hydrogens (tertiary/aromatic N) is 3. The summed E-state index contributed by atoms with van der Waals surface area (Å²) in [6.07, 6.45) is 5.81. The van der Waals surface area contributed by atoms with Crippen molar-refractivity contribution >= 4 is 22.5 Å². The number of unbranched alkanes of at least 4 members (excludes halogenated alkanes) is 1.